The van der Waals surface area contributed by atoms with Crippen molar-refractivity contribution in [3.05, 3.63) is 78.3 Å². The van der Waals surface area contributed by atoms with E-state index in [1.54, 1.807) is 26.0 Å². The molecule has 0 unspecified atom stereocenters. The molecule has 5 nitrogen and oxygen atoms in total. The number of nitrogens with one attached hydrogen (secondary N) is 2. The quantitative estimate of drug-likeness (QED) is 0.191. The van der Waals surface area contributed by atoms with Gasteiger partial charge in [0.05, 0.1) is 16.3 Å². The molecule has 1 rings (SSSR count). The Bertz CT molecular complexity index is 1010. The average molecular weight is 505 g/mol. The number of rotatable bonds is 13. The molecule has 0 spiro atoms. The molecule has 0 aliphatic rings. The zero-order valence-corrected chi connectivity index (χ0v) is 20.4. The molecular weight excluding hydrogens is 472 g/mol. The maximum Gasteiger partial charge on any atom is 0.416 e. The van der Waals surface area contributed by atoms with Crippen molar-refractivity contribution in [3.8, 4) is 0 Å². The molecule has 0 saturated carbocycles. The third kappa shape index (κ3) is 8.73. The summed E-state index contributed by atoms with van der Waals surface area (Å²) < 4.78 is 78.0. The van der Waals surface area contributed by atoms with Gasteiger partial charge in [0.15, 0.2) is 0 Å². The van der Waals surface area contributed by atoms with Gasteiger partial charge in [-0.2, -0.15) is 13.2 Å². The van der Waals surface area contributed by atoms with Crippen LogP contribution in [0, 0.1) is 0 Å². The highest BCUT2D eigenvalue weighted by Crippen LogP contribution is 2.30. The Labute approximate surface area is 199 Å². The number of allylic oxidation sites excluding steroid dienone is 3. The average Bonchev–Trinajstić information content (AvgIpc) is 2.76. The number of hydrogen-bond acceptors (Lipinski definition) is 4. The molecular formula is C24H32F4N2O3S. The van der Waals surface area contributed by atoms with Crippen LogP contribution in [0.5, 0.6) is 0 Å². The van der Waals surface area contributed by atoms with Crippen LogP contribution in [0.15, 0.2) is 77.6 Å². The Kier molecular flexibility index (Phi) is 10.7. The normalized spacial score (nSPS) is 16.0. The van der Waals surface area contributed by atoms with Gasteiger partial charge in [0.1, 0.15) is 5.60 Å². The van der Waals surface area contributed by atoms with E-state index >= 15 is 0 Å². The predicted molar refractivity (Wildman–Crippen MR) is 126 cm³/mol. The summed E-state index contributed by atoms with van der Waals surface area (Å²) in [5.74, 6) is -0.366. The van der Waals surface area contributed by atoms with Gasteiger partial charge in [-0.15, -0.1) is 0 Å². The molecule has 3 N–H and O–H groups in total. The third-order valence-corrected chi connectivity index (χ3v) is 6.81. The number of aliphatic hydroxyl groups is 1. The summed E-state index contributed by atoms with van der Waals surface area (Å²) in [6.07, 6.45) is 0.584. The molecule has 0 heterocycles. The number of alkyl halides is 3. The highest BCUT2D eigenvalue weighted by atomic mass is 32.2. The predicted octanol–water partition coefficient (Wildman–Crippen LogP) is 5.38. The van der Waals surface area contributed by atoms with Crippen LogP contribution < -0.4 is 10.0 Å². The summed E-state index contributed by atoms with van der Waals surface area (Å²) in [6, 6.07) is 2.88. The van der Waals surface area contributed by atoms with Crippen LogP contribution in [-0.4, -0.2) is 31.7 Å². The Hall–Kier alpha value is -2.43. The minimum atomic E-state index is -4.56. The van der Waals surface area contributed by atoms with Crippen LogP contribution in [0.25, 0.3) is 0 Å². The van der Waals surface area contributed by atoms with Gasteiger partial charge in [0.25, 0.3) is 0 Å². The second-order valence-corrected chi connectivity index (χ2v) is 9.64. The monoisotopic (exact) mass is 504 g/mol. The van der Waals surface area contributed by atoms with E-state index in [1.807, 2.05) is 0 Å². The molecule has 0 bridgehead atoms. The van der Waals surface area contributed by atoms with E-state index in [2.05, 4.69) is 23.2 Å². The molecule has 190 valence electrons. The van der Waals surface area contributed by atoms with Gasteiger partial charge in [-0.25, -0.2) is 17.5 Å². The fourth-order valence-electron chi connectivity index (χ4n) is 3.11. The third-order valence-electron chi connectivity index (χ3n) is 5.33. The lowest BCUT2D eigenvalue weighted by atomic mass is 9.90. The minimum absolute atomic E-state index is 0.0348. The smallest absolute Gasteiger partial charge is 0.384 e. The SMILES string of the molecule is C=C/C(=C\C=C(/C)F)[C@@H](C)NC(=C)[C@@](O)(CC)CCCNS(=O)(=O)c1ccc(C(F)(F)F)cc1. The molecule has 0 saturated heterocycles. The molecule has 0 aromatic heterocycles. The van der Waals surface area contributed by atoms with Crippen LogP contribution in [-0.2, 0) is 16.2 Å². The second kappa shape index (κ2) is 12.3. The summed E-state index contributed by atoms with van der Waals surface area (Å²) in [5.41, 5.74) is -1.28. The van der Waals surface area contributed by atoms with E-state index < -0.39 is 27.4 Å². The first-order chi connectivity index (χ1) is 15.7. The number of halogens is 4. The van der Waals surface area contributed by atoms with Gasteiger partial charge >= 0.3 is 6.18 Å². The van der Waals surface area contributed by atoms with Crippen molar-refractivity contribution in [2.45, 2.75) is 62.7 Å². The molecule has 0 amide bonds. The van der Waals surface area contributed by atoms with Crippen LogP contribution >= 0.6 is 0 Å². The topological polar surface area (TPSA) is 78.4 Å². The second-order valence-electron chi connectivity index (χ2n) is 7.88. The Morgan fingerprint density at radius 3 is 2.26 bits per heavy atom. The summed E-state index contributed by atoms with van der Waals surface area (Å²) >= 11 is 0. The summed E-state index contributed by atoms with van der Waals surface area (Å²) in [7, 11) is -4.01. The largest absolute Gasteiger partial charge is 0.416 e. The molecule has 1 aromatic carbocycles. The van der Waals surface area contributed by atoms with Gasteiger partial charge in [-0.3, -0.25) is 0 Å². The molecule has 1 aromatic rings. The first-order valence-electron chi connectivity index (χ1n) is 10.7. The first kappa shape index (κ1) is 29.6. The van der Waals surface area contributed by atoms with Crippen molar-refractivity contribution in [2.24, 2.45) is 0 Å². The highest BCUT2D eigenvalue weighted by molar-refractivity contribution is 7.89. The lowest BCUT2D eigenvalue weighted by Crippen LogP contribution is -2.41. The number of hydrogen-bond donors (Lipinski definition) is 3. The van der Waals surface area contributed by atoms with E-state index in [1.165, 1.54) is 13.0 Å². The molecule has 34 heavy (non-hydrogen) atoms. The Morgan fingerprint density at radius 2 is 1.79 bits per heavy atom. The zero-order valence-electron chi connectivity index (χ0n) is 19.5. The molecule has 10 heteroatoms. The van der Waals surface area contributed by atoms with Gasteiger partial charge in [-0.05, 0) is 69.0 Å². The fraction of sp³-hybridized carbons (Fsp3) is 0.417. The van der Waals surface area contributed by atoms with Crippen molar-refractivity contribution in [1.29, 1.82) is 0 Å². The van der Waals surface area contributed by atoms with E-state index in [0.29, 0.717) is 29.8 Å². The van der Waals surface area contributed by atoms with E-state index in [0.717, 1.165) is 12.1 Å². The van der Waals surface area contributed by atoms with Crippen LogP contribution in [0.1, 0.15) is 45.6 Å². The van der Waals surface area contributed by atoms with Crippen molar-refractivity contribution in [3.63, 3.8) is 0 Å². The van der Waals surface area contributed by atoms with Crippen molar-refractivity contribution in [1.82, 2.24) is 10.0 Å². The van der Waals surface area contributed by atoms with Gasteiger partial charge in [0.2, 0.25) is 10.0 Å². The van der Waals surface area contributed by atoms with Crippen molar-refractivity contribution in [2.75, 3.05) is 6.54 Å². The zero-order chi connectivity index (χ0) is 26.2. The molecule has 2 atom stereocenters. The first-order valence-corrected chi connectivity index (χ1v) is 12.2. The summed E-state index contributed by atoms with van der Waals surface area (Å²) in [5, 5.41) is 14.1. The Morgan fingerprint density at radius 1 is 1.21 bits per heavy atom. The minimum Gasteiger partial charge on any atom is -0.384 e. The van der Waals surface area contributed by atoms with Gasteiger partial charge < -0.3 is 10.4 Å². The molecule has 0 fully saturated rings. The fourth-order valence-corrected chi connectivity index (χ4v) is 4.19. The van der Waals surface area contributed by atoms with Crippen LogP contribution in [0.4, 0.5) is 17.6 Å². The summed E-state index contributed by atoms with van der Waals surface area (Å²) in [6.45, 7) is 12.4. The van der Waals surface area contributed by atoms with E-state index in [-0.39, 0.29) is 36.2 Å². The van der Waals surface area contributed by atoms with Crippen molar-refractivity contribution < 1.29 is 31.1 Å². The van der Waals surface area contributed by atoms with E-state index in [9.17, 15) is 31.1 Å². The van der Waals surface area contributed by atoms with Gasteiger partial charge in [-0.1, -0.05) is 32.2 Å². The maximum atomic E-state index is 13.0. The Balaban J connectivity index is 2.73. The molecule has 0 aliphatic carbocycles. The van der Waals surface area contributed by atoms with Gasteiger partial charge in [0, 0.05) is 18.3 Å². The number of benzene rings is 1. The molecule has 0 aliphatic heterocycles. The highest BCUT2D eigenvalue weighted by Gasteiger charge is 2.31. The lowest BCUT2D eigenvalue weighted by molar-refractivity contribution is -0.137. The standard InChI is InChI=1S/C24H32F4N2O3S/c1-6-20(10-9-17(3)25)18(4)30-19(5)23(31,7-2)15-8-16-29-34(32,33)22-13-11-21(12-14-22)24(26,27)28/h6,9-14,18,29-31H,1,5,7-8,15-16H2,2-4H3/b17-9+,20-10+/t18-,23-/m1/s1. The maximum absolute atomic E-state index is 13.0. The lowest BCUT2D eigenvalue weighted by Gasteiger charge is -2.32. The van der Waals surface area contributed by atoms with Crippen molar-refractivity contribution >= 4 is 10.0 Å². The van der Waals surface area contributed by atoms with E-state index in [4.69, 9.17) is 0 Å². The molecule has 0 radical (unpaired) electrons. The van der Waals surface area contributed by atoms with Crippen LogP contribution in [0.2, 0.25) is 0 Å². The number of sulfonamides is 1. The summed E-state index contributed by atoms with van der Waals surface area (Å²) in [4.78, 5) is -0.285. The van der Waals surface area contributed by atoms with Crippen LogP contribution in [0.3, 0.4) is 0 Å².